The molecule has 5 heteroatoms. The zero-order chi connectivity index (χ0) is 12.5. The van der Waals surface area contributed by atoms with Crippen LogP contribution in [0.1, 0.15) is 17.5 Å². The van der Waals surface area contributed by atoms with Crippen molar-refractivity contribution in [1.82, 2.24) is 9.97 Å². The van der Waals surface area contributed by atoms with Gasteiger partial charge in [0.1, 0.15) is 0 Å². The Morgan fingerprint density at radius 1 is 1.22 bits per heavy atom. The molecule has 4 nitrogen and oxygen atoms in total. The number of nitrogens with one attached hydrogen (secondary N) is 1. The molecule has 0 amide bonds. The fourth-order valence-corrected chi connectivity index (χ4v) is 2.39. The van der Waals surface area contributed by atoms with Gasteiger partial charge >= 0.3 is 0 Å². The molecule has 1 heterocycles. The Labute approximate surface area is 110 Å². The smallest absolute Gasteiger partial charge is 0.224 e. The van der Waals surface area contributed by atoms with Gasteiger partial charge in [-0.25, -0.2) is 4.98 Å². The molecule has 0 saturated carbocycles. The lowest BCUT2D eigenvalue weighted by Crippen LogP contribution is -2.01. The maximum absolute atomic E-state index is 5.80. The molecule has 3 rings (SSSR count). The van der Waals surface area contributed by atoms with E-state index in [1.807, 2.05) is 6.07 Å². The van der Waals surface area contributed by atoms with Gasteiger partial charge in [0.2, 0.25) is 5.28 Å². The van der Waals surface area contributed by atoms with Gasteiger partial charge in [-0.15, -0.1) is 0 Å². The van der Waals surface area contributed by atoms with Crippen molar-refractivity contribution in [3.63, 3.8) is 0 Å². The van der Waals surface area contributed by atoms with E-state index in [-0.39, 0.29) is 5.28 Å². The van der Waals surface area contributed by atoms with Crippen LogP contribution in [0.15, 0.2) is 24.4 Å². The topological polar surface area (TPSA) is 63.8 Å². The number of halogens is 1. The SMILES string of the molecule is Nc1cnc(Cl)nc1Nc1ccc2c(c1)CCC2. The minimum absolute atomic E-state index is 0.188. The van der Waals surface area contributed by atoms with Gasteiger partial charge in [-0.2, -0.15) is 4.98 Å². The summed E-state index contributed by atoms with van der Waals surface area (Å²) in [5.74, 6) is 0.549. The maximum atomic E-state index is 5.80. The summed E-state index contributed by atoms with van der Waals surface area (Å²) in [6.45, 7) is 0. The lowest BCUT2D eigenvalue weighted by atomic mass is 10.1. The highest BCUT2D eigenvalue weighted by Crippen LogP contribution is 2.27. The minimum Gasteiger partial charge on any atom is -0.394 e. The third-order valence-corrected chi connectivity index (χ3v) is 3.33. The Morgan fingerprint density at radius 2 is 2.06 bits per heavy atom. The molecule has 0 spiro atoms. The van der Waals surface area contributed by atoms with Crippen molar-refractivity contribution in [1.29, 1.82) is 0 Å². The van der Waals surface area contributed by atoms with Crippen LogP contribution in [0.25, 0.3) is 0 Å². The summed E-state index contributed by atoms with van der Waals surface area (Å²) in [6, 6.07) is 6.35. The normalized spacial score (nSPS) is 13.4. The fraction of sp³-hybridized carbons (Fsp3) is 0.231. The molecule has 0 bridgehead atoms. The van der Waals surface area contributed by atoms with Crippen LogP contribution in [0.3, 0.4) is 0 Å². The predicted octanol–water partition coefficient (Wildman–Crippen LogP) is 2.94. The number of nitrogens with two attached hydrogens (primary N) is 1. The quantitative estimate of drug-likeness (QED) is 0.815. The van der Waals surface area contributed by atoms with E-state index in [1.165, 1.54) is 30.2 Å². The van der Waals surface area contributed by atoms with E-state index in [0.717, 1.165) is 12.1 Å². The summed E-state index contributed by atoms with van der Waals surface area (Å²) >= 11 is 5.76. The molecule has 0 unspecified atom stereocenters. The highest BCUT2D eigenvalue weighted by atomic mass is 35.5. The first-order valence-electron chi connectivity index (χ1n) is 5.89. The molecule has 1 aromatic carbocycles. The first-order valence-corrected chi connectivity index (χ1v) is 6.27. The number of nitrogen functional groups attached to an aromatic ring is 1. The molecule has 1 aliphatic carbocycles. The number of fused-ring (bicyclic) bond motifs is 1. The Hall–Kier alpha value is -1.81. The maximum Gasteiger partial charge on any atom is 0.224 e. The fourth-order valence-electron chi connectivity index (χ4n) is 2.26. The van der Waals surface area contributed by atoms with E-state index in [9.17, 15) is 0 Å². The van der Waals surface area contributed by atoms with Gasteiger partial charge in [0.05, 0.1) is 11.9 Å². The van der Waals surface area contributed by atoms with Gasteiger partial charge < -0.3 is 11.1 Å². The van der Waals surface area contributed by atoms with E-state index < -0.39 is 0 Å². The van der Waals surface area contributed by atoms with Gasteiger partial charge in [0.25, 0.3) is 0 Å². The molecule has 0 saturated heterocycles. The second-order valence-corrected chi connectivity index (χ2v) is 4.74. The zero-order valence-corrected chi connectivity index (χ0v) is 10.5. The summed E-state index contributed by atoms with van der Waals surface area (Å²) < 4.78 is 0. The molecule has 92 valence electrons. The van der Waals surface area contributed by atoms with Gasteiger partial charge in [-0.05, 0) is 54.1 Å². The number of aromatic nitrogens is 2. The van der Waals surface area contributed by atoms with Crippen LogP contribution in [0.5, 0.6) is 0 Å². The molecule has 0 aliphatic heterocycles. The molecule has 1 aromatic heterocycles. The van der Waals surface area contributed by atoms with Gasteiger partial charge in [-0.3, -0.25) is 0 Å². The molecular formula is C13H13ClN4. The van der Waals surface area contributed by atoms with Crippen molar-refractivity contribution >= 4 is 28.8 Å². The summed E-state index contributed by atoms with van der Waals surface area (Å²) in [6.07, 6.45) is 5.06. The van der Waals surface area contributed by atoms with Crippen molar-refractivity contribution in [3.05, 3.63) is 40.8 Å². The first-order chi connectivity index (χ1) is 8.72. The van der Waals surface area contributed by atoms with Crippen LogP contribution in [-0.2, 0) is 12.8 Å². The van der Waals surface area contributed by atoms with Crippen LogP contribution in [0.2, 0.25) is 5.28 Å². The van der Waals surface area contributed by atoms with Crippen LogP contribution in [0, 0.1) is 0 Å². The number of rotatable bonds is 2. The highest BCUT2D eigenvalue weighted by Gasteiger charge is 2.11. The van der Waals surface area contributed by atoms with E-state index in [1.54, 1.807) is 0 Å². The average molecular weight is 261 g/mol. The molecule has 0 radical (unpaired) electrons. The zero-order valence-electron chi connectivity index (χ0n) is 9.78. The van der Waals surface area contributed by atoms with E-state index in [0.29, 0.717) is 11.5 Å². The van der Waals surface area contributed by atoms with Crippen molar-refractivity contribution in [2.75, 3.05) is 11.1 Å². The molecule has 0 atom stereocenters. The van der Waals surface area contributed by atoms with Gasteiger partial charge in [0, 0.05) is 5.69 Å². The third kappa shape index (κ3) is 2.11. The Morgan fingerprint density at radius 3 is 2.94 bits per heavy atom. The Bertz CT molecular complexity index is 598. The number of hydrogen-bond acceptors (Lipinski definition) is 4. The van der Waals surface area contributed by atoms with Crippen molar-refractivity contribution in [3.8, 4) is 0 Å². The second kappa shape index (κ2) is 4.46. The third-order valence-electron chi connectivity index (χ3n) is 3.15. The predicted molar refractivity (Wildman–Crippen MR) is 73.2 cm³/mol. The van der Waals surface area contributed by atoms with E-state index in [2.05, 4.69) is 27.4 Å². The van der Waals surface area contributed by atoms with Crippen molar-refractivity contribution < 1.29 is 0 Å². The molecule has 3 N–H and O–H groups in total. The van der Waals surface area contributed by atoms with Gasteiger partial charge in [-0.1, -0.05) is 6.07 Å². The summed E-state index contributed by atoms with van der Waals surface area (Å²) in [5.41, 5.74) is 10.1. The molecule has 1 aliphatic rings. The molecular weight excluding hydrogens is 248 g/mol. The molecule has 0 fully saturated rings. The number of benzene rings is 1. The minimum atomic E-state index is 0.188. The lowest BCUT2D eigenvalue weighted by Gasteiger charge is -2.09. The second-order valence-electron chi connectivity index (χ2n) is 4.41. The average Bonchev–Trinajstić information content (AvgIpc) is 2.81. The van der Waals surface area contributed by atoms with Crippen molar-refractivity contribution in [2.45, 2.75) is 19.3 Å². The number of aryl methyl sites for hydroxylation is 2. The standard InChI is InChI=1S/C13H13ClN4/c14-13-16-7-11(15)12(18-13)17-10-5-4-8-2-1-3-9(8)6-10/h4-7H,1-3,15H2,(H,16,17,18). The van der Waals surface area contributed by atoms with Crippen molar-refractivity contribution in [2.24, 2.45) is 0 Å². The molecule has 18 heavy (non-hydrogen) atoms. The number of anilines is 3. The van der Waals surface area contributed by atoms with E-state index >= 15 is 0 Å². The van der Waals surface area contributed by atoms with Gasteiger partial charge in [0.15, 0.2) is 5.82 Å². The lowest BCUT2D eigenvalue weighted by molar-refractivity contribution is 0.912. The number of nitrogens with zero attached hydrogens (tertiary/aromatic N) is 2. The Kier molecular flexibility index (Phi) is 2.80. The van der Waals surface area contributed by atoms with Crippen LogP contribution >= 0.6 is 11.6 Å². The summed E-state index contributed by atoms with van der Waals surface area (Å²) in [5, 5.41) is 3.37. The molecule has 2 aromatic rings. The monoisotopic (exact) mass is 260 g/mol. The van der Waals surface area contributed by atoms with Crippen LogP contribution < -0.4 is 11.1 Å². The highest BCUT2D eigenvalue weighted by molar-refractivity contribution is 6.28. The van der Waals surface area contributed by atoms with E-state index in [4.69, 9.17) is 17.3 Å². The Balaban J connectivity index is 1.90. The summed E-state index contributed by atoms with van der Waals surface area (Å²) in [4.78, 5) is 7.91. The van der Waals surface area contributed by atoms with Crippen LogP contribution in [-0.4, -0.2) is 9.97 Å². The van der Waals surface area contributed by atoms with Crippen LogP contribution in [0.4, 0.5) is 17.2 Å². The first kappa shape index (κ1) is 11.3. The largest absolute Gasteiger partial charge is 0.394 e. The number of hydrogen-bond donors (Lipinski definition) is 2. The summed E-state index contributed by atoms with van der Waals surface area (Å²) in [7, 11) is 0.